The predicted octanol–water partition coefficient (Wildman–Crippen LogP) is 4.08. The summed E-state index contributed by atoms with van der Waals surface area (Å²) in [5.74, 6) is 0. The van der Waals surface area contributed by atoms with Crippen LogP contribution in [0.15, 0.2) is 64.9 Å². The number of aryl methyl sites for hydroxylation is 2. The summed E-state index contributed by atoms with van der Waals surface area (Å²) in [4.78, 5) is 13.5. The standard InChI is InChI=1S/C19H16N2OS/c20-14-17-16(18-9-5-13-23-18)10-12-21(19(17)22)11-4-8-15-6-2-1-3-7-15/h1-3,5-7,9-10,12-13H,4,8,11H2. The molecule has 0 unspecified atom stereocenters. The van der Waals surface area contributed by atoms with Gasteiger partial charge in [-0.2, -0.15) is 5.26 Å². The minimum atomic E-state index is -0.202. The number of hydrogen-bond donors (Lipinski definition) is 0. The largest absolute Gasteiger partial charge is 0.314 e. The van der Waals surface area contributed by atoms with Crippen molar-refractivity contribution in [1.29, 1.82) is 5.26 Å². The second kappa shape index (κ2) is 7.08. The highest BCUT2D eigenvalue weighted by atomic mass is 32.1. The quantitative estimate of drug-likeness (QED) is 0.711. The van der Waals surface area contributed by atoms with Gasteiger partial charge in [0.15, 0.2) is 0 Å². The van der Waals surface area contributed by atoms with E-state index in [4.69, 9.17) is 0 Å². The third kappa shape index (κ3) is 3.41. The van der Waals surface area contributed by atoms with Gasteiger partial charge in [0.2, 0.25) is 0 Å². The van der Waals surface area contributed by atoms with Crippen molar-refractivity contribution in [3.05, 3.63) is 81.6 Å². The highest BCUT2D eigenvalue weighted by Crippen LogP contribution is 2.25. The summed E-state index contributed by atoms with van der Waals surface area (Å²) in [5, 5.41) is 11.3. The van der Waals surface area contributed by atoms with Crippen molar-refractivity contribution in [2.24, 2.45) is 0 Å². The van der Waals surface area contributed by atoms with Crippen LogP contribution in [0.5, 0.6) is 0 Å². The summed E-state index contributed by atoms with van der Waals surface area (Å²) in [7, 11) is 0. The number of nitrogens with zero attached hydrogens (tertiary/aromatic N) is 2. The van der Waals surface area contributed by atoms with Crippen molar-refractivity contribution in [2.75, 3.05) is 0 Å². The predicted molar refractivity (Wildman–Crippen MR) is 93.5 cm³/mol. The lowest BCUT2D eigenvalue weighted by Crippen LogP contribution is -2.23. The molecule has 114 valence electrons. The number of rotatable bonds is 5. The minimum Gasteiger partial charge on any atom is -0.314 e. The Morgan fingerprint density at radius 1 is 1.09 bits per heavy atom. The average Bonchev–Trinajstić information content (AvgIpc) is 3.11. The number of benzene rings is 1. The van der Waals surface area contributed by atoms with E-state index in [9.17, 15) is 10.1 Å². The lowest BCUT2D eigenvalue weighted by atomic mass is 10.1. The van der Waals surface area contributed by atoms with Crippen molar-refractivity contribution in [3.63, 3.8) is 0 Å². The molecule has 3 aromatic rings. The van der Waals surface area contributed by atoms with Gasteiger partial charge < -0.3 is 4.57 Å². The van der Waals surface area contributed by atoms with Gasteiger partial charge in [-0.15, -0.1) is 11.3 Å². The molecular formula is C19H16N2OS. The van der Waals surface area contributed by atoms with Crippen LogP contribution in [0, 0.1) is 11.3 Å². The Kier molecular flexibility index (Phi) is 4.70. The van der Waals surface area contributed by atoms with E-state index in [1.54, 1.807) is 10.8 Å². The molecule has 0 N–H and O–H groups in total. The van der Waals surface area contributed by atoms with Crippen molar-refractivity contribution in [1.82, 2.24) is 4.57 Å². The van der Waals surface area contributed by atoms with Gasteiger partial charge >= 0.3 is 0 Å². The molecule has 23 heavy (non-hydrogen) atoms. The lowest BCUT2D eigenvalue weighted by molar-refractivity contribution is 0.621. The SMILES string of the molecule is N#Cc1c(-c2cccs2)ccn(CCCc2ccccc2)c1=O. The topological polar surface area (TPSA) is 45.8 Å². The zero-order chi connectivity index (χ0) is 16.1. The molecule has 1 aromatic carbocycles. The Bertz CT molecular complexity index is 874. The molecule has 0 spiro atoms. The second-order valence-electron chi connectivity index (χ2n) is 5.28. The number of hydrogen-bond acceptors (Lipinski definition) is 3. The molecule has 0 amide bonds. The smallest absolute Gasteiger partial charge is 0.269 e. The maximum Gasteiger partial charge on any atom is 0.269 e. The zero-order valence-electron chi connectivity index (χ0n) is 12.6. The van der Waals surface area contributed by atoms with Crippen LogP contribution in [0.3, 0.4) is 0 Å². The van der Waals surface area contributed by atoms with Crippen LogP contribution in [0.2, 0.25) is 0 Å². The highest BCUT2D eigenvalue weighted by molar-refractivity contribution is 7.13. The first kappa shape index (κ1) is 15.3. The first-order valence-corrected chi connectivity index (χ1v) is 8.39. The van der Waals surface area contributed by atoms with Gasteiger partial charge in [0.05, 0.1) is 0 Å². The Labute approximate surface area is 139 Å². The van der Waals surface area contributed by atoms with E-state index in [1.807, 2.05) is 41.8 Å². The molecule has 0 saturated carbocycles. The summed E-state index contributed by atoms with van der Waals surface area (Å²) in [5.41, 5.74) is 2.02. The van der Waals surface area contributed by atoms with E-state index < -0.39 is 0 Å². The molecule has 3 nitrogen and oxygen atoms in total. The fraction of sp³-hybridized carbons (Fsp3) is 0.158. The fourth-order valence-electron chi connectivity index (χ4n) is 2.59. The van der Waals surface area contributed by atoms with E-state index >= 15 is 0 Å². The Hall–Kier alpha value is -2.64. The third-order valence-electron chi connectivity index (χ3n) is 3.77. The maximum absolute atomic E-state index is 12.5. The van der Waals surface area contributed by atoms with Gasteiger partial charge in [-0.1, -0.05) is 36.4 Å². The van der Waals surface area contributed by atoms with Crippen molar-refractivity contribution in [3.8, 4) is 16.5 Å². The molecule has 0 atom stereocenters. The average molecular weight is 320 g/mol. The minimum absolute atomic E-state index is 0.202. The van der Waals surface area contributed by atoms with Gasteiger partial charge in [0, 0.05) is 23.2 Å². The van der Waals surface area contributed by atoms with Crippen LogP contribution in [0.1, 0.15) is 17.5 Å². The van der Waals surface area contributed by atoms with Crippen LogP contribution in [-0.4, -0.2) is 4.57 Å². The van der Waals surface area contributed by atoms with Gasteiger partial charge in [0.1, 0.15) is 11.6 Å². The number of pyridine rings is 1. The van der Waals surface area contributed by atoms with Crippen molar-refractivity contribution < 1.29 is 0 Å². The molecule has 0 aliphatic rings. The van der Waals surface area contributed by atoms with E-state index in [0.29, 0.717) is 6.54 Å². The molecule has 2 heterocycles. The monoisotopic (exact) mass is 320 g/mol. The summed E-state index contributed by atoms with van der Waals surface area (Å²) in [6.07, 6.45) is 3.58. The molecular weight excluding hydrogens is 304 g/mol. The second-order valence-corrected chi connectivity index (χ2v) is 6.23. The van der Waals surface area contributed by atoms with Gasteiger partial charge in [0.25, 0.3) is 5.56 Å². The van der Waals surface area contributed by atoms with E-state index in [1.165, 1.54) is 16.9 Å². The fourth-order valence-corrected chi connectivity index (χ4v) is 3.35. The lowest BCUT2D eigenvalue weighted by Gasteiger charge is -2.08. The maximum atomic E-state index is 12.5. The summed E-state index contributed by atoms with van der Waals surface area (Å²) < 4.78 is 1.64. The molecule has 0 aliphatic heterocycles. The molecule has 0 aliphatic carbocycles. The Morgan fingerprint density at radius 2 is 1.91 bits per heavy atom. The van der Waals surface area contributed by atoms with Gasteiger partial charge in [-0.25, -0.2) is 0 Å². The number of thiophene rings is 1. The van der Waals surface area contributed by atoms with Crippen molar-refractivity contribution in [2.45, 2.75) is 19.4 Å². The zero-order valence-corrected chi connectivity index (χ0v) is 13.4. The number of nitriles is 1. The summed E-state index contributed by atoms with van der Waals surface area (Å²) >= 11 is 1.54. The number of aromatic nitrogens is 1. The van der Waals surface area contributed by atoms with Crippen LogP contribution < -0.4 is 5.56 Å². The van der Waals surface area contributed by atoms with E-state index in [-0.39, 0.29) is 11.1 Å². The molecule has 4 heteroatoms. The van der Waals surface area contributed by atoms with Crippen LogP contribution >= 0.6 is 11.3 Å². The van der Waals surface area contributed by atoms with Crippen molar-refractivity contribution >= 4 is 11.3 Å². The van der Waals surface area contributed by atoms with Gasteiger partial charge in [-0.3, -0.25) is 4.79 Å². The molecule has 0 saturated heterocycles. The first-order chi connectivity index (χ1) is 11.3. The molecule has 0 radical (unpaired) electrons. The van der Waals surface area contributed by atoms with E-state index in [2.05, 4.69) is 18.2 Å². The Morgan fingerprint density at radius 3 is 2.61 bits per heavy atom. The molecule has 0 fully saturated rings. The molecule has 0 bridgehead atoms. The summed E-state index contributed by atoms with van der Waals surface area (Å²) in [6, 6.07) is 18.0. The van der Waals surface area contributed by atoms with Crippen LogP contribution in [0.4, 0.5) is 0 Å². The van der Waals surface area contributed by atoms with Gasteiger partial charge in [-0.05, 0) is 35.9 Å². The third-order valence-corrected chi connectivity index (χ3v) is 4.67. The normalized spacial score (nSPS) is 10.4. The van der Waals surface area contributed by atoms with Crippen LogP contribution in [-0.2, 0) is 13.0 Å². The molecule has 3 rings (SSSR count). The van der Waals surface area contributed by atoms with E-state index in [0.717, 1.165) is 23.3 Å². The summed E-state index contributed by atoms with van der Waals surface area (Å²) in [6.45, 7) is 0.618. The highest BCUT2D eigenvalue weighted by Gasteiger charge is 2.12. The first-order valence-electron chi connectivity index (χ1n) is 7.51. The molecule has 2 aromatic heterocycles. The van der Waals surface area contributed by atoms with Crippen LogP contribution in [0.25, 0.3) is 10.4 Å². The Balaban J connectivity index is 1.79.